The molecule has 1 aromatic carbocycles. The molecule has 0 aliphatic carbocycles. The molecule has 8 heteroatoms. The number of fused-ring (bicyclic) bond motifs is 1. The summed E-state index contributed by atoms with van der Waals surface area (Å²) in [5.41, 5.74) is 1.14. The van der Waals surface area contributed by atoms with Crippen molar-refractivity contribution in [2.75, 3.05) is 18.5 Å². The number of ether oxygens (including phenoxy) is 1. The van der Waals surface area contributed by atoms with Crippen LogP contribution in [0.25, 0.3) is 10.9 Å². The highest BCUT2D eigenvalue weighted by molar-refractivity contribution is 5.97. The van der Waals surface area contributed by atoms with E-state index in [0.29, 0.717) is 23.5 Å². The molecule has 0 amide bonds. The van der Waals surface area contributed by atoms with E-state index in [1.165, 1.54) is 30.6 Å². The molecule has 26 heavy (non-hydrogen) atoms. The summed E-state index contributed by atoms with van der Waals surface area (Å²) in [4.78, 5) is 15.4. The minimum absolute atomic E-state index is 0.0557. The Morgan fingerprint density at radius 2 is 2.27 bits per heavy atom. The largest absolute Gasteiger partial charge is 0.478 e. The number of halogens is 1. The quantitative estimate of drug-likeness (QED) is 0.745. The van der Waals surface area contributed by atoms with Gasteiger partial charge in [-0.1, -0.05) is 0 Å². The van der Waals surface area contributed by atoms with E-state index in [1.54, 1.807) is 6.07 Å². The van der Waals surface area contributed by atoms with E-state index in [2.05, 4.69) is 15.4 Å². The van der Waals surface area contributed by atoms with Crippen molar-refractivity contribution in [3.8, 4) is 0 Å². The normalized spacial score (nSPS) is 17.3. The topological polar surface area (TPSA) is 89.3 Å². The van der Waals surface area contributed by atoms with Crippen LogP contribution in [0.3, 0.4) is 0 Å². The van der Waals surface area contributed by atoms with Crippen molar-refractivity contribution < 1.29 is 19.0 Å². The maximum atomic E-state index is 13.8. The molecule has 1 saturated heterocycles. The van der Waals surface area contributed by atoms with Gasteiger partial charge in [0.2, 0.25) is 0 Å². The maximum Gasteiger partial charge on any atom is 0.337 e. The molecule has 1 unspecified atom stereocenters. The highest BCUT2D eigenvalue weighted by atomic mass is 19.1. The molecular formula is C18H17FN4O3. The highest BCUT2D eigenvalue weighted by Crippen LogP contribution is 2.31. The van der Waals surface area contributed by atoms with Crippen LogP contribution in [0.2, 0.25) is 0 Å². The van der Waals surface area contributed by atoms with Gasteiger partial charge >= 0.3 is 5.97 Å². The summed E-state index contributed by atoms with van der Waals surface area (Å²) >= 11 is 0. The fourth-order valence-electron chi connectivity index (χ4n) is 3.21. The standard InChI is InChI=1S/C18H17FN4O3/c19-11-3-4-16-14(8-11)17(22-23(16)12-2-1-7-26-10-12)21-15-9-20-6-5-13(15)18(24)25/h3-6,8-9,12H,1-2,7,10H2,(H,21,22)(H,24,25). The maximum absolute atomic E-state index is 13.8. The molecule has 1 atom stereocenters. The smallest absolute Gasteiger partial charge is 0.337 e. The van der Waals surface area contributed by atoms with Crippen LogP contribution in [0.15, 0.2) is 36.7 Å². The molecule has 4 rings (SSSR count). The molecule has 0 bridgehead atoms. The number of aromatic nitrogens is 3. The van der Waals surface area contributed by atoms with Gasteiger partial charge in [-0.05, 0) is 37.1 Å². The fraction of sp³-hybridized carbons (Fsp3) is 0.278. The molecule has 3 heterocycles. The average Bonchev–Trinajstić information content (AvgIpc) is 3.00. The number of hydrogen-bond acceptors (Lipinski definition) is 5. The number of carbonyl (C=O) groups is 1. The Labute approximate surface area is 148 Å². The minimum Gasteiger partial charge on any atom is -0.478 e. The number of hydrogen-bond donors (Lipinski definition) is 2. The fourth-order valence-corrected chi connectivity index (χ4v) is 3.21. The molecule has 1 aliphatic heterocycles. The molecule has 0 radical (unpaired) electrons. The lowest BCUT2D eigenvalue weighted by Gasteiger charge is -2.23. The Balaban J connectivity index is 1.80. The number of rotatable bonds is 4. The monoisotopic (exact) mass is 356 g/mol. The predicted octanol–water partition coefficient (Wildman–Crippen LogP) is 3.36. The number of carboxylic acids is 1. The van der Waals surface area contributed by atoms with Crippen LogP contribution in [-0.2, 0) is 4.74 Å². The van der Waals surface area contributed by atoms with Crippen LogP contribution in [-0.4, -0.2) is 39.1 Å². The summed E-state index contributed by atoms with van der Waals surface area (Å²) in [6, 6.07) is 5.92. The van der Waals surface area contributed by atoms with E-state index in [0.717, 1.165) is 25.0 Å². The lowest BCUT2D eigenvalue weighted by atomic mass is 10.1. The molecule has 0 spiro atoms. The van der Waals surface area contributed by atoms with E-state index in [1.807, 2.05) is 4.68 Å². The van der Waals surface area contributed by atoms with Gasteiger partial charge in [0.15, 0.2) is 5.82 Å². The van der Waals surface area contributed by atoms with Gasteiger partial charge in [0, 0.05) is 18.2 Å². The number of aromatic carboxylic acids is 1. The van der Waals surface area contributed by atoms with E-state index >= 15 is 0 Å². The molecule has 3 aromatic rings. The van der Waals surface area contributed by atoms with Crippen molar-refractivity contribution in [1.82, 2.24) is 14.8 Å². The van der Waals surface area contributed by atoms with Crippen LogP contribution in [0.5, 0.6) is 0 Å². The first-order valence-corrected chi connectivity index (χ1v) is 8.33. The Kier molecular flexibility index (Phi) is 4.26. The molecule has 1 aliphatic rings. The SMILES string of the molecule is O=C(O)c1ccncc1Nc1nn(C2CCCOC2)c2ccc(F)cc12. The third-order valence-corrected chi connectivity index (χ3v) is 4.45. The number of carboxylic acid groups (broad SMARTS) is 1. The van der Waals surface area contributed by atoms with Crippen LogP contribution in [0.4, 0.5) is 15.9 Å². The van der Waals surface area contributed by atoms with Crippen LogP contribution in [0, 0.1) is 5.82 Å². The zero-order valence-electron chi connectivity index (χ0n) is 13.9. The first kappa shape index (κ1) is 16.5. The van der Waals surface area contributed by atoms with E-state index in [4.69, 9.17) is 4.74 Å². The first-order chi connectivity index (χ1) is 12.6. The van der Waals surface area contributed by atoms with Gasteiger partial charge < -0.3 is 15.2 Å². The minimum atomic E-state index is -1.08. The molecule has 0 saturated carbocycles. The number of anilines is 2. The zero-order valence-corrected chi connectivity index (χ0v) is 13.9. The number of nitrogens with one attached hydrogen (secondary N) is 1. The predicted molar refractivity (Wildman–Crippen MR) is 93.3 cm³/mol. The summed E-state index contributed by atoms with van der Waals surface area (Å²) in [6.45, 7) is 1.27. The van der Waals surface area contributed by atoms with Gasteiger partial charge in [-0.3, -0.25) is 9.67 Å². The van der Waals surface area contributed by atoms with Crippen LogP contribution >= 0.6 is 0 Å². The van der Waals surface area contributed by atoms with Crippen molar-refractivity contribution >= 4 is 28.4 Å². The van der Waals surface area contributed by atoms with Crippen molar-refractivity contribution in [3.05, 3.63) is 48.0 Å². The number of pyridine rings is 1. The van der Waals surface area contributed by atoms with E-state index in [-0.39, 0.29) is 17.4 Å². The van der Waals surface area contributed by atoms with E-state index < -0.39 is 5.97 Å². The lowest BCUT2D eigenvalue weighted by Crippen LogP contribution is -2.22. The second kappa shape index (κ2) is 6.72. The van der Waals surface area contributed by atoms with Gasteiger partial charge in [-0.2, -0.15) is 5.10 Å². The Morgan fingerprint density at radius 1 is 1.38 bits per heavy atom. The third kappa shape index (κ3) is 2.99. The number of nitrogens with zero attached hydrogens (tertiary/aromatic N) is 3. The lowest BCUT2D eigenvalue weighted by molar-refractivity contribution is 0.0566. The van der Waals surface area contributed by atoms with Gasteiger partial charge in [-0.15, -0.1) is 0 Å². The van der Waals surface area contributed by atoms with Gasteiger partial charge in [0.25, 0.3) is 0 Å². The van der Waals surface area contributed by atoms with E-state index in [9.17, 15) is 14.3 Å². The van der Waals surface area contributed by atoms with Gasteiger partial charge in [0.1, 0.15) is 5.82 Å². The van der Waals surface area contributed by atoms with Crippen molar-refractivity contribution in [1.29, 1.82) is 0 Å². The van der Waals surface area contributed by atoms with Gasteiger partial charge in [0.05, 0.1) is 35.6 Å². The van der Waals surface area contributed by atoms with Gasteiger partial charge in [-0.25, -0.2) is 9.18 Å². The molecule has 1 fully saturated rings. The van der Waals surface area contributed by atoms with Crippen molar-refractivity contribution in [3.63, 3.8) is 0 Å². The first-order valence-electron chi connectivity index (χ1n) is 8.33. The Morgan fingerprint density at radius 3 is 3.04 bits per heavy atom. The molecule has 134 valence electrons. The second-order valence-electron chi connectivity index (χ2n) is 6.18. The molecular weight excluding hydrogens is 339 g/mol. The summed E-state index contributed by atoms with van der Waals surface area (Å²) in [5.74, 6) is -1.07. The summed E-state index contributed by atoms with van der Waals surface area (Å²) < 4.78 is 21.2. The molecule has 2 N–H and O–H groups in total. The van der Waals surface area contributed by atoms with Crippen LogP contribution < -0.4 is 5.32 Å². The molecule has 2 aromatic heterocycles. The highest BCUT2D eigenvalue weighted by Gasteiger charge is 2.22. The summed E-state index contributed by atoms with van der Waals surface area (Å²) in [6.07, 6.45) is 4.67. The number of benzene rings is 1. The average molecular weight is 356 g/mol. The van der Waals surface area contributed by atoms with Crippen molar-refractivity contribution in [2.45, 2.75) is 18.9 Å². The second-order valence-corrected chi connectivity index (χ2v) is 6.18. The summed E-state index contributed by atoms with van der Waals surface area (Å²) in [5, 5.41) is 17.5. The Hall–Kier alpha value is -3.00. The van der Waals surface area contributed by atoms with Crippen molar-refractivity contribution in [2.24, 2.45) is 0 Å². The summed E-state index contributed by atoms with van der Waals surface area (Å²) in [7, 11) is 0. The molecule has 7 nitrogen and oxygen atoms in total. The Bertz CT molecular complexity index is 966. The third-order valence-electron chi connectivity index (χ3n) is 4.45. The zero-order chi connectivity index (χ0) is 18.1. The van der Waals surface area contributed by atoms with Crippen LogP contribution in [0.1, 0.15) is 29.2 Å².